The standard InChI is InChI=1S/C20H27N3O3/c1-13-4-5-18-17(8-13)15(10-22-18)6-7-21-20(25)16-9-19(24)23(11-16)14(2)12-26-3/h4-5,8,10,14,16,22H,6-7,9,11-12H2,1-3H3,(H,21,25). The number of aromatic amines is 1. The summed E-state index contributed by atoms with van der Waals surface area (Å²) < 4.78 is 5.11. The topological polar surface area (TPSA) is 74.4 Å². The van der Waals surface area contributed by atoms with Crippen molar-refractivity contribution in [2.75, 3.05) is 26.8 Å². The zero-order valence-corrected chi connectivity index (χ0v) is 15.7. The summed E-state index contributed by atoms with van der Waals surface area (Å²) in [4.78, 5) is 29.6. The first-order valence-corrected chi connectivity index (χ1v) is 9.12. The Bertz CT molecular complexity index is 799. The van der Waals surface area contributed by atoms with Gasteiger partial charge in [0.2, 0.25) is 11.8 Å². The van der Waals surface area contributed by atoms with E-state index in [2.05, 4.69) is 35.4 Å². The van der Waals surface area contributed by atoms with Crippen LogP contribution >= 0.6 is 0 Å². The molecule has 0 radical (unpaired) electrons. The molecule has 1 aliphatic rings. The third-order valence-electron chi connectivity index (χ3n) is 5.09. The van der Waals surface area contributed by atoms with Crippen LogP contribution in [0.5, 0.6) is 0 Å². The number of H-pyrrole nitrogens is 1. The number of aryl methyl sites for hydroxylation is 1. The van der Waals surface area contributed by atoms with Crippen LogP contribution in [0.2, 0.25) is 0 Å². The van der Waals surface area contributed by atoms with Crippen molar-refractivity contribution in [1.82, 2.24) is 15.2 Å². The number of carbonyl (C=O) groups is 2. The highest BCUT2D eigenvalue weighted by atomic mass is 16.5. The minimum absolute atomic E-state index is 0.000222. The Kier molecular flexibility index (Phi) is 5.61. The van der Waals surface area contributed by atoms with Crippen LogP contribution in [0.3, 0.4) is 0 Å². The summed E-state index contributed by atoms with van der Waals surface area (Å²) in [5, 5.41) is 4.19. The number of carbonyl (C=O) groups excluding carboxylic acids is 2. The molecule has 2 heterocycles. The lowest BCUT2D eigenvalue weighted by Gasteiger charge is -2.23. The Labute approximate surface area is 153 Å². The molecule has 140 valence electrons. The predicted octanol–water partition coefficient (Wildman–Crippen LogP) is 2.02. The average Bonchev–Trinajstić information content (AvgIpc) is 3.19. The molecule has 3 rings (SSSR count). The van der Waals surface area contributed by atoms with Crippen LogP contribution in [0.15, 0.2) is 24.4 Å². The number of hydrogen-bond donors (Lipinski definition) is 2. The van der Waals surface area contributed by atoms with E-state index in [1.54, 1.807) is 12.0 Å². The second kappa shape index (κ2) is 7.91. The van der Waals surface area contributed by atoms with Gasteiger partial charge in [0.25, 0.3) is 0 Å². The van der Waals surface area contributed by atoms with Crippen molar-refractivity contribution >= 4 is 22.7 Å². The van der Waals surface area contributed by atoms with Gasteiger partial charge in [-0.05, 0) is 38.0 Å². The van der Waals surface area contributed by atoms with Gasteiger partial charge in [-0.25, -0.2) is 0 Å². The van der Waals surface area contributed by atoms with Crippen LogP contribution in [0, 0.1) is 12.8 Å². The molecule has 1 fully saturated rings. The second-order valence-corrected chi connectivity index (χ2v) is 7.16. The second-order valence-electron chi connectivity index (χ2n) is 7.16. The molecular weight excluding hydrogens is 330 g/mol. The zero-order valence-electron chi connectivity index (χ0n) is 15.7. The highest BCUT2D eigenvalue weighted by Crippen LogP contribution is 2.22. The number of hydrogen-bond acceptors (Lipinski definition) is 3. The molecule has 2 N–H and O–H groups in total. The fraction of sp³-hybridized carbons (Fsp3) is 0.500. The molecule has 2 aromatic rings. The first-order valence-electron chi connectivity index (χ1n) is 9.12. The van der Waals surface area contributed by atoms with Crippen LogP contribution in [0.25, 0.3) is 10.9 Å². The van der Waals surface area contributed by atoms with Crippen molar-refractivity contribution in [3.05, 3.63) is 35.5 Å². The number of benzene rings is 1. The minimum atomic E-state index is -0.271. The molecule has 0 saturated carbocycles. The van der Waals surface area contributed by atoms with Crippen LogP contribution in [-0.4, -0.2) is 54.5 Å². The summed E-state index contributed by atoms with van der Waals surface area (Å²) >= 11 is 0. The maximum absolute atomic E-state index is 12.4. The van der Waals surface area contributed by atoms with Gasteiger partial charge in [0.15, 0.2) is 0 Å². The molecule has 1 aliphatic heterocycles. The zero-order chi connectivity index (χ0) is 18.7. The predicted molar refractivity (Wildman–Crippen MR) is 101 cm³/mol. The Balaban J connectivity index is 1.53. The lowest BCUT2D eigenvalue weighted by molar-refractivity contribution is -0.130. The number of nitrogens with zero attached hydrogens (tertiary/aromatic N) is 1. The minimum Gasteiger partial charge on any atom is -0.383 e. The van der Waals surface area contributed by atoms with E-state index in [4.69, 9.17) is 4.74 Å². The number of methoxy groups -OCH3 is 1. The van der Waals surface area contributed by atoms with Gasteiger partial charge in [0, 0.05) is 43.7 Å². The number of amides is 2. The molecule has 0 bridgehead atoms. The normalized spacial score (nSPS) is 18.5. The molecule has 1 aromatic carbocycles. The van der Waals surface area contributed by atoms with Crippen molar-refractivity contribution in [2.24, 2.45) is 5.92 Å². The van der Waals surface area contributed by atoms with Crippen molar-refractivity contribution < 1.29 is 14.3 Å². The van der Waals surface area contributed by atoms with Crippen molar-refractivity contribution in [3.63, 3.8) is 0 Å². The van der Waals surface area contributed by atoms with E-state index in [0.29, 0.717) is 19.7 Å². The first-order chi connectivity index (χ1) is 12.5. The number of ether oxygens (including phenoxy) is 1. The lowest BCUT2D eigenvalue weighted by atomic mass is 10.1. The summed E-state index contributed by atoms with van der Waals surface area (Å²) in [6, 6.07) is 6.32. The molecule has 0 spiro atoms. The van der Waals surface area contributed by atoms with Gasteiger partial charge in [0.05, 0.1) is 18.6 Å². The monoisotopic (exact) mass is 357 g/mol. The molecule has 1 saturated heterocycles. The van der Waals surface area contributed by atoms with Gasteiger partial charge in [-0.2, -0.15) is 0 Å². The summed E-state index contributed by atoms with van der Waals surface area (Å²) in [7, 11) is 1.62. The van der Waals surface area contributed by atoms with Crippen LogP contribution in [0.4, 0.5) is 0 Å². The maximum Gasteiger partial charge on any atom is 0.225 e. The number of likely N-dealkylation sites (tertiary alicyclic amines) is 1. The van der Waals surface area contributed by atoms with Crippen molar-refractivity contribution in [3.8, 4) is 0 Å². The summed E-state index contributed by atoms with van der Waals surface area (Å²) in [6.45, 7) is 5.55. The van der Waals surface area contributed by atoms with Gasteiger partial charge < -0.3 is 19.9 Å². The molecule has 2 amide bonds. The van der Waals surface area contributed by atoms with Gasteiger partial charge in [-0.1, -0.05) is 11.6 Å². The SMILES string of the molecule is COCC(C)N1CC(C(=O)NCCc2c[nH]c3ccc(C)cc23)CC1=O. The Morgan fingerprint density at radius 3 is 3.04 bits per heavy atom. The summed E-state index contributed by atoms with van der Waals surface area (Å²) in [5.41, 5.74) is 3.53. The van der Waals surface area contributed by atoms with E-state index in [9.17, 15) is 9.59 Å². The van der Waals surface area contributed by atoms with Crippen molar-refractivity contribution in [2.45, 2.75) is 32.7 Å². The van der Waals surface area contributed by atoms with Crippen molar-refractivity contribution in [1.29, 1.82) is 0 Å². The van der Waals surface area contributed by atoms with Crippen LogP contribution < -0.4 is 5.32 Å². The summed E-state index contributed by atoms with van der Waals surface area (Å²) in [5.74, 6) is -0.282. The third-order valence-corrected chi connectivity index (χ3v) is 5.09. The van der Waals surface area contributed by atoms with Gasteiger partial charge >= 0.3 is 0 Å². The number of nitrogens with one attached hydrogen (secondary N) is 2. The van der Waals surface area contributed by atoms with E-state index < -0.39 is 0 Å². The lowest BCUT2D eigenvalue weighted by Crippen LogP contribution is -2.39. The fourth-order valence-electron chi connectivity index (χ4n) is 3.63. The van der Waals surface area contributed by atoms with Gasteiger partial charge in [0.1, 0.15) is 0 Å². The number of aromatic nitrogens is 1. The number of fused-ring (bicyclic) bond motifs is 1. The maximum atomic E-state index is 12.4. The quantitative estimate of drug-likeness (QED) is 0.796. The Hall–Kier alpha value is -2.34. The largest absolute Gasteiger partial charge is 0.383 e. The third kappa shape index (κ3) is 3.90. The van der Waals surface area contributed by atoms with E-state index in [0.717, 1.165) is 11.9 Å². The molecule has 1 aromatic heterocycles. The molecule has 2 atom stereocenters. The van der Waals surface area contributed by atoms with E-state index >= 15 is 0 Å². The molecule has 2 unspecified atom stereocenters. The Morgan fingerprint density at radius 2 is 2.27 bits per heavy atom. The molecular formula is C20H27N3O3. The van der Waals surface area contributed by atoms with Gasteiger partial charge in [-0.15, -0.1) is 0 Å². The highest BCUT2D eigenvalue weighted by molar-refractivity contribution is 5.89. The molecule has 0 aliphatic carbocycles. The fourth-order valence-corrected chi connectivity index (χ4v) is 3.63. The summed E-state index contributed by atoms with van der Waals surface area (Å²) in [6.07, 6.45) is 3.05. The molecule has 6 heteroatoms. The van der Waals surface area contributed by atoms with Gasteiger partial charge in [-0.3, -0.25) is 9.59 Å². The highest BCUT2D eigenvalue weighted by Gasteiger charge is 2.36. The molecule has 6 nitrogen and oxygen atoms in total. The van der Waals surface area contributed by atoms with E-state index in [-0.39, 0.29) is 30.2 Å². The molecule has 26 heavy (non-hydrogen) atoms. The van der Waals surface area contributed by atoms with Crippen LogP contribution in [-0.2, 0) is 20.7 Å². The first kappa shape index (κ1) is 18.5. The van der Waals surface area contributed by atoms with Crippen LogP contribution in [0.1, 0.15) is 24.5 Å². The number of rotatable bonds is 7. The average molecular weight is 357 g/mol. The smallest absolute Gasteiger partial charge is 0.225 e. The Morgan fingerprint density at radius 1 is 1.46 bits per heavy atom. The van der Waals surface area contributed by atoms with E-state index in [1.807, 2.05) is 13.1 Å². The van der Waals surface area contributed by atoms with E-state index in [1.165, 1.54) is 16.5 Å².